The third kappa shape index (κ3) is 3.03. The predicted octanol–water partition coefficient (Wildman–Crippen LogP) is 1.66. The molecule has 0 bridgehead atoms. The number of carbonyl (C=O) groups is 1. The SMILES string of the molecule is C=CCNCc1cccc(C(=O)O)c1. The first kappa shape index (κ1) is 10.5. The number of hydrogen-bond acceptors (Lipinski definition) is 2. The van der Waals surface area contributed by atoms with E-state index in [9.17, 15) is 4.79 Å². The third-order valence-electron chi connectivity index (χ3n) is 1.79. The molecule has 0 fully saturated rings. The molecule has 1 aromatic carbocycles. The van der Waals surface area contributed by atoms with Crippen molar-refractivity contribution >= 4 is 5.97 Å². The number of aromatic carboxylic acids is 1. The van der Waals surface area contributed by atoms with Gasteiger partial charge >= 0.3 is 5.97 Å². The average molecular weight is 191 g/mol. The Morgan fingerprint density at radius 3 is 3.00 bits per heavy atom. The highest BCUT2D eigenvalue weighted by atomic mass is 16.4. The van der Waals surface area contributed by atoms with Gasteiger partial charge in [0.15, 0.2) is 0 Å². The summed E-state index contributed by atoms with van der Waals surface area (Å²) < 4.78 is 0. The minimum Gasteiger partial charge on any atom is -0.478 e. The Labute approximate surface area is 83.1 Å². The molecule has 2 N–H and O–H groups in total. The first-order valence-electron chi connectivity index (χ1n) is 4.38. The van der Waals surface area contributed by atoms with Crippen molar-refractivity contribution in [3.05, 3.63) is 48.0 Å². The van der Waals surface area contributed by atoms with Crippen LogP contribution in [0, 0.1) is 0 Å². The number of nitrogens with one attached hydrogen (secondary N) is 1. The normalized spacial score (nSPS) is 9.71. The van der Waals surface area contributed by atoms with Gasteiger partial charge in [0.1, 0.15) is 0 Å². The number of benzene rings is 1. The van der Waals surface area contributed by atoms with Crippen LogP contribution in [0.1, 0.15) is 15.9 Å². The summed E-state index contributed by atoms with van der Waals surface area (Å²) in [6.45, 7) is 4.96. The van der Waals surface area contributed by atoms with Crippen molar-refractivity contribution in [1.29, 1.82) is 0 Å². The van der Waals surface area contributed by atoms with Gasteiger partial charge in [-0.3, -0.25) is 0 Å². The molecule has 0 aromatic heterocycles. The molecule has 0 heterocycles. The van der Waals surface area contributed by atoms with E-state index in [0.717, 1.165) is 12.1 Å². The number of carboxylic acid groups (broad SMARTS) is 1. The molecular weight excluding hydrogens is 178 g/mol. The van der Waals surface area contributed by atoms with Gasteiger partial charge in [-0.2, -0.15) is 0 Å². The molecular formula is C11H13NO2. The molecule has 0 saturated heterocycles. The minimum atomic E-state index is -0.893. The molecule has 14 heavy (non-hydrogen) atoms. The molecule has 0 amide bonds. The molecule has 3 nitrogen and oxygen atoms in total. The van der Waals surface area contributed by atoms with E-state index < -0.39 is 5.97 Å². The number of carboxylic acids is 1. The summed E-state index contributed by atoms with van der Waals surface area (Å²) in [4.78, 5) is 10.6. The highest BCUT2D eigenvalue weighted by Crippen LogP contribution is 2.04. The number of rotatable bonds is 5. The highest BCUT2D eigenvalue weighted by Gasteiger charge is 2.01. The van der Waals surface area contributed by atoms with Crippen molar-refractivity contribution in [2.24, 2.45) is 0 Å². The van der Waals surface area contributed by atoms with Gasteiger partial charge in [-0.25, -0.2) is 4.79 Å². The lowest BCUT2D eigenvalue weighted by Gasteiger charge is -2.02. The van der Waals surface area contributed by atoms with Crippen molar-refractivity contribution in [3.8, 4) is 0 Å². The van der Waals surface area contributed by atoms with Gasteiger partial charge in [0, 0.05) is 13.1 Å². The lowest BCUT2D eigenvalue weighted by molar-refractivity contribution is 0.0697. The maximum absolute atomic E-state index is 10.6. The second kappa shape index (κ2) is 5.19. The summed E-state index contributed by atoms with van der Waals surface area (Å²) in [6.07, 6.45) is 1.76. The van der Waals surface area contributed by atoms with E-state index >= 15 is 0 Å². The maximum Gasteiger partial charge on any atom is 0.335 e. The van der Waals surface area contributed by atoms with E-state index in [1.54, 1.807) is 24.3 Å². The second-order valence-electron chi connectivity index (χ2n) is 2.93. The van der Waals surface area contributed by atoms with Gasteiger partial charge in [-0.15, -0.1) is 6.58 Å². The van der Waals surface area contributed by atoms with Crippen LogP contribution in [0.3, 0.4) is 0 Å². The second-order valence-corrected chi connectivity index (χ2v) is 2.93. The van der Waals surface area contributed by atoms with E-state index in [4.69, 9.17) is 5.11 Å². The number of hydrogen-bond donors (Lipinski definition) is 2. The summed E-state index contributed by atoms with van der Waals surface area (Å²) in [5, 5.41) is 11.9. The van der Waals surface area contributed by atoms with Gasteiger partial charge in [-0.05, 0) is 17.7 Å². The molecule has 0 radical (unpaired) electrons. The Morgan fingerprint density at radius 2 is 2.36 bits per heavy atom. The lowest BCUT2D eigenvalue weighted by Crippen LogP contribution is -2.12. The molecule has 0 saturated carbocycles. The molecule has 0 unspecified atom stereocenters. The van der Waals surface area contributed by atoms with Crippen LogP contribution in [0.4, 0.5) is 0 Å². The Morgan fingerprint density at radius 1 is 1.57 bits per heavy atom. The molecule has 3 heteroatoms. The molecule has 0 aliphatic rings. The molecule has 1 aromatic rings. The van der Waals surface area contributed by atoms with Crippen LogP contribution in [-0.4, -0.2) is 17.6 Å². The Balaban J connectivity index is 2.63. The maximum atomic E-state index is 10.6. The fourth-order valence-electron chi connectivity index (χ4n) is 1.13. The summed E-state index contributed by atoms with van der Waals surface area (Å²) in [5.74, 6) is -0.893. The Hall–Kier alpha value is -1.61. The van der Waals surface area contributed by atoms with E-state index in [1.807, 2.05) is 6.07 Å². The van der Waals surface area contributed by atoms with Crippen molar-refractivity contribution in [1.82, 2.24) is 5.32 Å². The standard InChI is InChI=1S/C11H13NO2/c1-2-6-12-8-9-4-3-5-10(7-9)11(13)14/h2-5,7,12H,1,6,8H2,(H,13,14). The highest BCUT2D eigenvalue weighted by molar-refractivity contribution is 5.87. The molecule has 1 rings (SSSR count). The van der Waals surface area contributed by atoms with E-state index in [-0.39, 0.29) is 0 Å². The van der Waals surface area contributed by atoms with Crippen molar-refractivity contribution in [3.63, 3.8) is 0 Å². The van der Waals surface area contributed by atoms with Crippen LogP contribution in [0.25, 0.3) is 0 Å². The van der Waals surface area contributed by atoms with Crippen LogP contribution < -0.4 is 5.32 Å². The monoisotopic (exact) mass is 191 g/mol. The first-order chi connectivity index (χ1) is 6.74. The summed E-state index contributed by atoms with van der Waals surface area (Å²) >= 11 is 0. The first-order valence-corrected chi connectivity index (χ1v) is 4.38. The Bertz CT molecular complexity index is 334. The van der Waals surface area contributed by atoms with Gasteiger partial charge < -0.3 is 10.4 Å². The van der Waals surface area contributed by atoms with Crippen LogP contribution in [-0.2, 0) is 6.54 Å². The van der Waals surface area contributed by atoms with Gasteiger partial charge in [0.25, 0.3) is 0 Å². The zero-order valence-electron chi connectivity index (χ0n) is 7.86. The van der Waals surface area contributed by atoms with Gasteiger partial charge in [-0.1, -0.05) is 18.2 Å². The predicted molar refractivity (Wildman–Crippen MR) is 55.3 cm³/mol. The molecule has 74 valence electrons. The fourth-order valence-corrected chi connectivity index (χ4v) is 1.13. The van der Waals surface area contributed by atoms with Gasteiger partial charge in [0.2, 0.25) is 0 Å². The average Bonchev–Trinajstić information content (AvgIpc) is 2.19. The summed E-state index contributed by atoms with van der Waals surface area (Å²) in [6, 6.07) is 6.88. The third-order valence-corrected chi connectivity index (χ3v) is 1.79. The smallest absolute Gasteiger partial charge is 0.335 e. The minimum absolute atomic E-state index is 0.322. The molecule has 0 aliphatic carbocycles. The largest absolute Gasteiger partial charge is 0.478 e. The quantitative estimate of drug-likeness (QED) is 0.549. The van der Waals surface area contributed by atoms with Crippen LogP contribution >= 0.6 is 0 Å². The van der Waals surface area contributed by atoms with Crippen molar-refractivity contribution in [2.45, 2.75) is 6.54 Å². The van der Waals surface area contributed by atoms with Crippen LogP contribution in [0.5, 0.6) is 0 Å². The summed E-state index contributed by atoms with van der Waals surface area (Å²) in [7, 11) is 0. The zero-order valence-corrected chi connectivity index (χ0v) is 7.86. The molecule has 0 spiro atoms. The summed E-state index contributed by atoms with van der Waals surface area (Å²) in [5.41, 5.74) is 1.29. The zero-order chi connectivity index (χ0) is 10.4. The van der Waals surface area contributed by atoms with Gasteiger partial charge in [0.05, 0.1) is 5.56 Å². The molecule has 0 atom stereocenters. The van der Waals surface area contributed by atoms with Crippen molar-refractivity contribution in [2.75, 3.05) is 6.54 Å². The fraction of sp³-hybridized carbons (Fsp3) is 0.182. The van der Waals surface area contributed by atoms with Crippen LogP contribution in [0.2, 0.25) is 0 Å². The topological polar surface area (TPSA) is 49.3 Å². The van der Waals surface area contributed by atoms with E-state index in [2.05, 4.69) is 11.9 Å². The van der Waals surface area contributed by atoms with E-state index in [1.165, 1.54) is 0 Å². The lowest BCUT2D eigenvalue weighted by atomic mass is 10.1. The molecule has 0 aliphatic heterocycles. The van der Waals surface area contributed by atoms with E-state index in [0.29, 0.717) is 12.1 Å². The van der Waals surface area contributed by atoms with Crippen molar-refractivity contribution < 1.29 is 9.90 Å². The van der Waals surface area contributed by atoms with Crippen LogP contribution in [0.15, 0.2) is 36.9 Å². The Kier molecular flexibility index (Phi) is 3.88.